The molecule has 2 aliphatic heterocycles. The van der Waals surface area contributed by atoms with Crippen molar-refractivity contribution in [1.29, 1.82) is 0 Å². The zero-order valence-corrected chi connectivity index (χ0v) is 15.9. The first-order chi connectivity index (χ1) is 13.3. The lowest BCUT2D eigenvalue weighted by Gasteiger charge is -2.16. The summed E-state index contributed by atoms with van der Waals surface area (Å²) in [6, 6.07) is 20.1. The standard InChI is InChI=1S/C23H29N3O/c27-23(26-14-4-5-15-26)13-10-18-8-11-20(12-9-18)25-21-16-22(24-17-21)19-6-2-1-3-7-19/h1-3,6-9,11-12,21-22,24-25H,4-5,10,13-17H2. The second kappa shape index (κ2) is 8.57. The minimum Gasteiger partial charge on any atom is -0.381 e. The number of aryl methyl sites for hydroxylation is 1. The van der Waals surface area contributed by atoms with Crippen molar-refractivity contribution in [3.05, 3.63) is 65.7 Å². The molecule has 0 spiro atoms. The van der Waals surface area contributed by atoms with E-state index < -0.39 is 0 Å². The summed E-state index contributed by atoms with van der Waals surface area (Å²) >= 11 is 0. The lowest BCUT2D eigenvalue weighted by atomic mass is 10.0. The molecule has 27 heavy (non-hydrogen) atoms. The fourth-order valence-corrected chi connectivity index (χ4v) is 4.16. The van der Waals surface area contributed by atoms with E-state index in [0.717, 1.165) is 51.0 Å². The molecule has 0 saturated carbocycles. The third kappa shape index (κ3) is 4.69. The van der Waals surface area contributed by atoms with Crippen molar-refractivity contribution < 1.29 is 4.79 Å². The summed E-state index contributed by atoms with van der Waals surface area (Å²) < 4.78 is 0. The number of hydrogen-bond donors (Lipinski definition) is 2. The molecule has 2 saturated heterocycles. The average molecular weight is 364 g/mol. The number of carbonyl (C=O) groups excluding carboxylic acids is 1. The van der Waals surface area contributed by atoms with Gasteiger partial charge >= 0.3 is 0 Å². The topological polar surface area (TPSA) is 44.4 Å². The van der Waals surface area contributed by atoms with Gasteiger partial charge in [0.1, 0.15) is 0 Å². The van der Waals surface area contributed by atoms with Crippen molar-refractivity contribution >= 4 is 11.6 Å². The van der Waals surface area contributed by atoms with Crippen LogP contribution in [0.3, 0.4) is 0 Å². The number of benzene rings is 2. The van der Waals surface area contributed by atoms with Crippen molar-refractivity contribution in [1.82, 2.24) is 10.2 Å². The number of anilines is 1. The summed E-state index contributed by atoms with van der Waals surface area (Å²) in [7, 11) is 0. The van der Waals surface area contributed by atoms with E-state index in [2.05, 4.69) is 65.2 Å². The molecule has 0 bridgehead atoms. The van der Waals surface area contributed by atoms with Gasteiger partial charge < -0.3 is 15.5 Å². The maximum atomic E-state index is 12.2. The summed E-state index contributed by atoms with van der Waals surface area (Å²) in [5, 5.41) is 7.25. The number of carbonyl (C=O) groups is 1. The van der Waals surface area contributed by atoms with E-state index in [-0.39, 0.29) is 0 Å². The third-order valence-corrected chi connectivity index (χ3v) is 5.74. The number of nitrogens with one attached hydrogen (secondary N) is 2. The Bertz CT molecular complexity index is 738. The minimum absolute atomic E-state index is 0.304. The Hall–Kier alpha value is -2.33. The molecule has 2 aromatic rings. The van der Waals surface area contributed by atoms with E-state index >= 15 is 0 Å². The average Bonchev–Trinajstić information content (AvgIpc) is 3.40. The molecule has 2 unspecified atom stereocenters. The molecule has 0 radical (unpaired) electrons. The van der Waals surface area contributed by atoms with Gasteiger partial charge in [-0.05, 0) is 48.9 Å². The third-order valence-electron chi connectivity index (χ3n) is 5.74. The Kier molecular flexibility index (Phi) is 5.73. The summed E-state index contributed by atoms with van der Waals surface area (Å²) in [6.07, 6.45) is 4.87. The van der Waals surface area contributed by atoms with Crippen LogP contribution in [0.5, 0.6) is 0 Å². The zero-order chi connectivity index (χ0) is 18.5. The van der Waals surface area contributed by atoms with E-state index in [0.29, 0.717) is 24.4 Å². The molecular formula is C23H29N3O. The van der Waals surface area contributed by atoms with Crippen LogP contribution >= 0.6 is 0 Å². The molecular weight excluding hydrogens is 334 g/mol. The van der Waals surface area contributed by atoms with Gasteiger partial charge in [-0.2, -0.15) is 0 Å². The predicted octanol–water partition coefficient (Wildman–Crippen LogP) is 3.76. The number of rotatable bonds is 6. The molecule has 2 aliphatic rings. The van der Waals surface area contributed by atoms with Gasteiger partial charge in [-0.1, -0.05) is 42.5 Å². The highest BCUT2D eigenvalue weighted by atomic mass is 16.2. The Balaban J connectivity index is 1.25. The number of hydrogen-bond acceptors (Lipinski definition) is 3. The van der Waals surface area contributed by atoms with Gasteiger partial charge in [0.05, 0.1) is 0 Å². The molecule has 1 amide bonds. The van der Waals surface area contributed by atoms with E-state index in [1.54, 1.807) is 0 Å². The predicted molar refractivity (Wildman–Crippen MR) is 110 cm³/mol. The first-order valence-electron chi connectivity index (χ1n) is 10.2. The Morgan fingerprint density at radius 3 is 2.52 bits per heavy atom. The number of nitrogens with zero attached hydrogens (tertiary/aromatic N) is 1. The van der Waals surface area contributed by atoms with Crippen molar-refractivity contribution in [2.24, 2.45) is 0 Å². The largest absolute Gasteiger partial charge is 0.381 e. The summed E-state index contributed by atoms with van der Waals surface area (Å²) in [4.78, 5) is 14.2. The molecule has 2 N–H and O–H groups in total. The van der Waals surface area contributed by atoms with Crippen LogP contribution in [0, 0.1) is 0 Å². The second-order valence-electron chi connectivity index (χ2n) is 7.73. The van der Waals surface area contributed by atoms with E-state index in [9.17, 15) is 4.79 Å². The zero-order valence-electron chi connectivity index (χ0n) is 15.9. The second-order valence-corrected chi connectivity index (χ2v) is 7.73. The monoisotopic (exact) mass is 363 g/mol. The highest BCUT2D eigenvalue weighted by Crippen LogP contribution is 2.25. The molecule has 4 nitrogen and oxygen atoms in total. The van der Waals surface area contributed by atoms with Crippen LogP contribution in [0.4, 0.5) is 5.69 Å². The molecule has 4 heteroatoms. The number of likely N-dealkylation sites (tertiary alicyclic amines) is 1. The fraction of sp³-hybridized carbons (Fsp3) is 0.435. The highest BCUT2D eigenvalue weighted by molar-refractivity contribution is 5.76. The first-order valence-corrected chi connectivity index (χ1v) is 10.2. The van der Waals surface area contributed by atoms with Gasteiger partial charge in [0.15, 0.2) is 0 Å². The molecule has 4 rings (SSSR count). The van der Waals surface area contributed by atoms with Crippen molar-refractivity contribution in [3.63, 3.8) is 0 Å². The Labute approximate surface area is 162 Å². The molecule has 0 aromatic heterocycles. The normalized spacial score (nSPS) is 22.1. The van der Waals surface area contributed by atoms with Crippen LogP contribution in [-0.2, 0) is 11.2 Å². The summed E-state index contributed by atoms with van der Waals surface area (Å²) in [5.41, 5.74) is 3.75. The van der Waals surface area contributed by atoms with Crippen LogP contribution < -0.4 is 10.6 Å². The maximum Gasteiger partial charge on any atom is 0.222 e. The molecule has 2 atom stereocenters. The quantitative estimate of drug-likeness (QED) is 0.821. The van der Waals surface area contributed by atoms with E-state index in [4.69, 9.17) is 0 Å². The molecule has 142 valence electrons. The van der Waals surface area contributed by atoms with Crippen molar-refractivity contribution in [2.75, 3.05) is 25.0 Å². The van der Waals surface area contributed by atoms with Gasteiger partial charge in [-0.15, -0.1) is 0 Å². The lowest BCUT2D eigenvalue weighted by Crippen LogP contribution is -2.27. The fourth-order valence-electron chi connectivity index (χ4n) is 4.16. The van der Waals surface area contributed by atoms with E-state index in [1.165, 1.54) is 11.1 Å². The van der Waals surface area contributed by atoms with Gasteiger partial charge in [0, 0.05) is 43.8 Å². The molecule has 2 fully saturated rings. The van der Waals surface area contributed by atoms with Gasteiger partial charge in [-0.25, -0.2) is 0 Å². The van der Waals surface area contributed by atoms with Crippen LogP contribution in [-0.4, -0.2) is 36.5 Å². The van der Waals surface area contributed by atoms with Gasteiger partial charge in [0.2, 0.25) is 5.91 Å². The highest BCUT2D eigenvalue weighted by Gasteiger charge is 2.24. The van der Waals surface area contributed by atoms with E-state index in [1.807, 2.05) is 4.90 Å². The van der Waals surface area contributed by atoms with Crippen molar-refractivity contribution in [2.45, 2.75) is 44.2 Å². The van der Waals surface area contributed by atoms with Crippen LogP contribution in [0.1, 0.15) is 42.9 Å². The number of amides is 1. The van der Waals surface area contributed by atoms with Gasteiger partial charge in [0.25, 0.3) is 0 Å². The minimum atomic E-state index is 0.304. The summed E-state index contributed by atoms with van der Waals surface area (Å²) in [5.74, 6) is 0.304. The van der Waals surface area contributed by atoms with Crippen LogP contribution in [0.2, 0.25) is 0 Å². The Morgan fingerprint density at radius 1 is 1.04 bits per heavy atom. The molecule has 2 heterocycles. The SMILES string of the molecule is O=C(CCc1ccc(NC2CNC(c3ccccc3)C2)cc1)N1CCCC1. The summed E-state index contributed by atoms with van der Waals surface area (Å²) in [6.45, 7) is 2.87. The van der Waals surface area contributed by atoms with Crippen molar-refractivity contribution in [3.8, 4) is 0 Å². The van der Waals surface area contributed by atoms with Crippen LogP contribution in [0.15, 0.2) is 54.6 Å². The molecule has 2 aromatic carbocycles. The maximum absolute atomic E-state index is 12.2. The molecule has 0 aliphatic carbocycles. The lowest BCUT2D eigenvalue weighted by molar-refractivity contribution is -0.130. The smallest absolute Gasteiger partial charge is 0.222 e. The van der Waals surface area contributed by atoms with Gasteiger partial charge in [-0.3, -0.25) is 4.79 Å². The van der Waals surface area contributed by atoms with Crippen LogP contribution in [0.25, 0.3) is 0 Å². The Morgan fingerprint density at radius 2 is 1.78 bits per heavy atom. The first kappa shape index (κ1) is 18.1.